The first kappa shape index (κ1) is 12.0. The molecule has 0 aromatic rings. The monoisotopic (exact) mass is 210 g/mol. The molecule has 1 saturated heterocycles. The van der Waals surface area contributed by atoms with E-state index < -0.39 is 0 Å². The number of terminal acetylenes is 1. The van der Waals surface area contributed by atoms with Crippen LogP contribution in [0, 0.1) is 12.3 Å². The van der Waals surface area contributed by atoms with Gasteiger partial charge in [-0.15, -0.1) is 6.42 Å². The predicted octanol–water partition coefficient (Wildman–Crippen LogP) is -0.419. The quantitative estimate of drug-likeness (QED) is 0.622. The number of aliphatic hydroxyl groups excluding tert-OH is 1. The Hall–Kier alpha value is -1.05. The Morgan fingerprint density at radius 3 is 2.80 bits per heavy atom. The van der Waals surface area contributed by atoms with Crippen LogP contribution in [-0.2, 0) is 4.79 Å². The predicted molar refractivity (Wildman–Crippen MR) is 58.1 cm³/mol. The molecule has 0 radical (unpaired) electrons. The number of carbonyl (C=O) groups is 1. The van der Waals surface area contributed by atoms with Gasteiger partial charge in [0.1, 0.15) is 0 Å². The summed E-state index contributed by atoms with van der Waals surface area (Å²) in [7, 11) is 0. The van der Waals surface area contributed by atoms with E-state index in [4.69, 9.17) is 6.42 Å². The summed E-state index contributed by atoms with van der Waals surface area (Å²) < 4.78 is 0. The molecule has 1 rings (SSSR count). The maximum absolute atomic E-state index is 11.6. The molecule has 1 aliphatic heterocycles. The number of nitrogens with zero attached hydrogens (tertiary/aromatic N) is 1. The number of aliphatic hydroxyl groups is 1. The molecule has 1 amide bonds. The van der Waals surface area contributed by atoms with Gasteiger partial charge < -0.3 is 10.4 Å². The Bertz CT molecular complexity index is 252. The molecule has 1 atom stereocenters. The molecule has 1 heterocycles. The molecule has 0 bridgehead atoms. The van der Waals surface area contributed by atoms with E-state index >= 15 is 0 Å². The van der Waals surface area contributed by atoms with Crippen molar-refractivity contribution < 1.29 is 9.90 Å². The van der Waals surface area contributed by atoms with Crippen LogP contribution in [-0.4, -0.2) is 47.7 Å². The lowest BCUT2D eigenvalue weighted by molar-refractivity contribution is -0.126. The van der Waals surface area contributed by atoms with Crippen molar-refractivity contribution in [3.8, 4) is 12.3 Å². The first-order chi connectivity index (χ1) is 7.15. The molecule has 0 saturated carbocycles. The number of hydrogen-bond acceptors (Lipinski definition) is 3. The summed E-state index contributed by atoms with van der Waals surface area (Å²) in [5.74, 6) is 2.34. The Kier molecular flexibility index (Phi) is 4.60. The minimum Gasteiger partial charge on any atom is -0.393 e. The maximum atomic E-state index is 11.6. The summed E-state index contributed by atoms with van der Waals surface area (Å²) in [5, 5.41) is 12.0. The maximum Gasteiger partial charge on any atom is 0.237 e. The van der Waals surface area contributed by atoms with Crippen molar-refractivity contribution >= 4 is 5.91 Å². The van der Waals surface area contributed by atoms with Crippen LogP contribution < -0.4 is 5.32 Å². The average Bonchev–Trinajstić information content (AvgIpc) is 2.26. The van der Waals surface area contributed by atoms with E-state index in [9.17, 15) is 9.90 Å². The number of rotatable bonds is 3. The Labute approximate surface area is 90.6 Å². The highest BCUT2D eigenvalue weighted by molar-refractivity contribution is 5.81. The number of nitrogens with one attached hydrogen (secondary N) is 1. The van der Waals surface area contributed by atoms with Crippen molar-refractivity contribution in [2.75, 3.05) is 19.6 Å². The zero-order valence-corrected chi connectivity index (χ0v) is 9.07. The molecule has 0 aromatic carbocycles. The Morgan fingerprint density at radius 2 is 2.27 bits per heavy atom. The van der Waals surface area contributed by atoms with Crippen LogP contribution in [0.5, 0.6) is 0 Å². The van der Waals surface area contributed by atoms with Gasteiger partial charge in [-0.1, -0.05) is 5.92 Å². The van der Waals surface area contributed by atoms with E-state index in [1.165, 1.54) is 0 Å². The molecule has 84 valence electrons. The third-order valence-corrected chi connectivity index (χ3v) is 2.79. The van der Waals surface area contributed by atoms with E-state index in [0.29, 0.717) is 0 Å². The molecule has 0 spiro atoms. The highest BCUT2D eigenvalue weighted by atomic mass is 16.3. The molecule has 2 N–H and O–H groups in total. The SMILES string of the molecule is C#CCNC(=O)C(C)N1CCC(O)CC1. The third kappa shape index (κ3) is 3.54. The van der Waals surface area contributed by atoms with E-state index in [1.807, 2.05) is 6.92 Å². The fourth-order valence-electron chi connectivity index (χ4n) is 1.72. The van der Waals surface area contributed by atoms with E-state index in [0.717, 1.165) is 25.9 Å². The summed E-state index contributed by atoms with van der Waals surface area (Å²) in [6.07, 6.45) is 6.34. The lowest BCUT2D eigenvalue weighted by atomic mass is 10.1. The highest BCUT2D eigenvalue weighted by Crippen LogP contribution is 2.12. The van der Waals surface area contributed by atoms with Crippen LogP contribution >= 0.6 is 0 Å². The Balaban J connectivity index is 2.36. The second-order valence-corrected chi connectivity index (χ2v) is 3.87. The van der Waals surface area contributed by atoms with Crippen LogP contribution in [0.15, 0.2) is 0 Å². The molecular formula is C11H18N2O2. The van der Waals surface area contributed by atoms with Crippen LogP contribution in [0.2, 0.25) is 0 Å². The number of likely N-dealkylation sites (tertiary alicyclic amines) is 1. The van der Waals surface area contributed by atoms with Gasteiger partial charge >= 0.3 is 0 Å². The minimum absolute atomic E-state index is 0.0376. The Morgan fingerprint density at radius 1 is 1.67 bits per heavy atom. The number of amides is 1. The van der Waals surface area contributed by atoms with Crippen LogP contribution in [0.3, 0.4) is 0 Å². The fraction of sp³-hybridized carbons (Fsp3) is 0.727. The van der Waals surface area contributed by atoms with Gasteiger partial charge in [-0.3, -0.25) is 9.69 Å². The van der Waals surface area contributed by atoms with Crippen molar-refractivity contribution in [1.82, 2.24) is 10.2 Å². The number of carbonyl (C=O) groups excluding carboxylic acids is 1. The van der Waals surface area contributed by atoms with Crippen molar-refractivity contribution in [1.29, 1.82) is 0 Å². The van der Waals surface area contributed by atoms with Gasteiger partial charge in [0.15, 0.2) is 0 Å². The topological polar surface area (TPSA) is 52.6 Å². The fourth-order valence-corrected chi connectivity index (χ4v) is 1.72. The lowest BCUT2D eigenvalue weighted by Crippen LogP contribution is -2.49. The largest absolute Gasteiger partial charge is 0.393 e. The summed E-state index contributed by atoms with van der Waals surface area (Å²) >= 11 is 0. The molecular weight excluding hydrogens is 192 g/mol. The average molecular weight is 210 g/mol. The van der Waals surface area contributed by atoms with Gasteiger partial charge in [-0.25, -0.2) is 0 Å². The smallest absolute Gasteiger partial charge is 0.237 e. The van der Waals surface area contributed by atoms with E-state index in [2.05, 4.69) is 16.1 Å². The normalized spacial score (nSPS) is 20.6. The first-order valence-corrected chi connectivity index (χ1v) is 5.28. The molecule has 1 fully saturated rings. The molecule has 15 heavy (non-hydrogen) atoms. The molecule has 1 unspecified atom stereocenters. The van der Waals surface area contributed by atoms with Crippen molar-refractivity contribution in [3.63, 3.8) is 0 Å². The second kappa shape index (κ2) is 5.74. The van der Waals surface area contributed by atoms with E-state index in [-0.39, 0.29) is 24.6 Å². The number of hydrogen-bond donors (Lipinski definition) is 2. The van der Waals surface area contributed by atoms with Gasteiger partial charge in [-0.05, 0) is 19.8 Å². The van der Waals surface area contributed by atoms with Gasteiger partial charge in [0.2, 0.25) is 5.91 Å². The number of piperidine rings is 1. The molecule has 0 aromatic heterocycles. The molecule has 1 aliphatic rings. The highest BCUT2D eigenvalue weighted by Gasteiger charge is 2.25. The van der Waals surface area contributed by atoms with Gasteiger partial charge in [0.25, 0.3) is 0 Å². The zero-order valence-electron chi connectivity index (χ0n) is 9.07. The lowest BCUT2D eigenvalue weighted by Gasteiger charge is -2.33. The van der Waals surface area contributed by atoms with Gasteiger partial charge in [0, 0.05) is 13.1 Å². The van der Waals surface area contributed by atoms with Crippen molar-refractivity contribution in [2.45, 2.75) is 31.9 Å². The van der Waals surface area contributed by atoms with Crippen molar-refractivity contribution in [2.24, 2.45) is 0 Å². The zero-order chi connectivity index (χ0) is 11.3. The molecule has 4 heteroatoms. The van der Waals surface area contributed by atoms with Crippen molar-refractivity contribution in [3.05, 3.63) is 0 Å². The first-order valence-electron chi connectivity index (χ1n) is 5.28. The van der Waals surface area contributed by atoms with Crippen LogP contribution in [0.25, 0.3) is 0 Å². The van der Waals surface area contributed by atoms with Crippen LogP contribution in [0.1, 0.15) is 19.8 Å². The summed E-state index contributed by atoms with van der Waals surface area (Å²) in [4.78, 5) is 13.6. The minimum atomic E-state index is -0.206. The van der Waals surface area contributed by atoms with Gasteiger partial charge in [0.05, 0.1) is 18.7 Å². The van der Waals surface area contributed by atoms with Crippen LogP contribution in [0.4, 0.5) is 0 Å². The summed E-state index contributed by atoms with van der Waals surface area (Å²) in [6.45, 7) is 3.68. The second-order valence-electron chi connectivity index (χ2n) is 3.87. The summed E-state index contributed by atoms with van der Waals surface area (Å²) in [6, 6.07) is -0.161. The van der Waals surface area contributed by atoms with Gasteiger partial charge in [-0.2, -0.15) is 0 Å². The third-order valence-electron chi connectivity index (χ3n) is 2.79. The summed E-state index contributed by atoms with van der Waals surface area (Å²) in [5.41, 5.74) is 0. The van der Waals surface area contributed by atoms with E-state index in [1.54, 1.807) is 0 Å². The standard InChI is InChI=1S/C11H18N2O2/c1-3-6-12-11(15)9(2)13-7-4-10(14)5-8-13/h1,9-10,14H,4-8H2,2H3,(H,12,15). The molecule has 4 nitrogen and oxygen atoms in total. The molecule has 0 aliphatic carbocycles.